The van der Waals surface area contributed by atoms with Crippen molar-refractivity contribution in [3.8, 4) is 0 Å². The lowest BCUT2D eigenvalue weighted by Crippen LogP contribution is -2.03. The molecule has 126 valence electrons. The summed E-state index contributed by atoms with van der Waals surface area (Å²) < 4.78 is 10.4. The Kier molecular flexibility index (Phi) is 7.05. The summed E-state index contributed by atoms with van der Waals surface area (Å²) in [5, 5.41) is 3.28. The van der Waals surface area contributed by atoms with Crippen LogP contribution in [0.25, 0.3) is 0 Å². The number of hydrogen-bond donors (Lipinski definition) is 1. The predicted octanol–water partition coefficient (Wildman–Crippen LogP) is 4.05. The number of hydrogen-bond acceptors (Lipinski definition) is 4. The summed E-state index contributed by atoms with van der Waals surface area (Å²) in [6, 6.07) is 17.3. The van der Waals surface area contributed by atoms with Crippen LogP contribution in [0.3, 0.4) is 0 Å². The average molecular weight is 325 g/mol. The molecule has 0 fully saturated rings. The van der Waals surface area contributed by atoms with Gasteiger partial charge in [-0.1, -0.05) is 42.0 Å². The van der Waals surface area contributed by atoms with Crippen LogP contribution in [0.2, 0.25) is 0 Å². The number of nitrogens with one attached hydrogen (secondary N) is 1. The summed E-state index contributed by atoms with van der Waals surface area (Å²) in [7, 11) is 1.38. The second-order valence-electron chi connectivity index (χ2n) is 5.48. The van der Waals surface area contributed by atoms with Crippen LogP contribution in [-0.4, -0.2) is 26.2 Å². The van der Waals surface area contributed by atoms with Crippen molar-refractivity contribution in [1.82, 2.24) is 0 Å². The standard InChI is InChI=1S/C20H23NO3/c1-16(14-24-15-17-6-4-3-5-7-17)12-13-21-19-10-8-18(9-11-19)20(22)23-2/h3-12,21H,13-15H2,1-2H3/b16-12+. The molecule has 0 radical (unpaired) electrons. The van der Waals surface area contributed by atoms with Crippen molar-refractivity contribution < 1.29 is 14.3 Å². The first-order chi connectivity index (χ1) is 11.7. The van der Waals surface area contributed by atoms with Gasteiger partial charge in [0.05, 0.1) is 25.9 Å². The molecule has 0 aromatic heterocycles. The fourth-order valence-corrected chi connectivity index (χ4v) is 2.15. The molecule has 2 aromatic rings. The van der Waals surface area contributed by atoms with Crippen molar-refractivity contribution in [2.24, 2.45) is 0 Å². The molecular formula is C20H23NO3. The third-order valence-corrected chi connectivity index (χ3v) is 3.50. The first-order valence-electron chi connectivity index (χ1n) is 7.88. The minimum absolute atomic E-state index is 0.326. The lowest BCUT2D eigenvalue weighted by molar-refractivity contribution is 0.0601. The Morgan fingerprint density at radius 3 is 2.46 bits per heavy atom. The summed E-state index contributed by atoms with van der Waals surface area (Å²) in [6.45, 7) is 3.98. The van der Waals surface area contributed by atoms with Gasteiger partial charge in [0, 0.05) is 12.2 Å². The molecule has 0 amide bonds. The number of ether oxygens (including phenoxy) is 2. The van der Waals surface area contributed by atoms with Crippen molar-refractivity contribution in [2.45, 2.75) is 13.5 Å². The molecule has 0 atom stereocenters. The SMILES string of the molecule is COC(=O)c1ccc(NC/C=C(\C)COCc2ccccc2)cc1. The van der Waals surface area contributed by atoms with Gasteiger partial charge in [0.25, 0.3) is 0 Å². The highest BCUT2D eigenvalue weighted by Crippen LogP contribution is 2.10. The summed E-state index contributed by atoms with van der Waals surface area (Å²) in [5.74, 6) is -0.326. The van der Waals surface area contributed by atoms with Crippen molar-refractivity contribution >= 4 is 11.7 Å². The molecule has 0 aliphatic carbocycles. The Balaban J connectivity index is 1.71. The third kappa shape index (κ3) is 5.89. The van der Waals surface area contributed by atoms with Gasteiger partial charge in [-0.3, -0.25) is 0 Å². The van der Waals surface area contributed by atoms with Crippen LogP contribution in [0, 0.1) is 0 Å². The van der Waals surface area contributed by atoms with Gasteiger partial charge in [0.15, 0.2) is 0 Å². The maximum absolute atomic E-state index is 11.4. The maximum atomic E-state index is 11.4. The minimum Gasteiger partial charge on any atom is -0.465 e. The van der Waals surface area contributed by atoms with Crippen molar-refractivity contribution in [3.05, 3.63) is 77.4 Å². The molecule has 0 aliphatic rings. The van der Waals surface area contributed by atoms with Crippen LogP contribution < -0.4 is 5.32 Å². The van der Waals surface area contributed by atoms with Gasteiger partial charge < -0.3 is 14.8 Å². The fourth-order valence-electron chi connectivity index (χ4n) is 2.15. The van der Waals surface area contributed by atoms with E-state index in [1.54, 1.807) is 12.1 Å². The molecule has 0 spiro atoms. The largest absolute Gasteiger partial charge is 0.465 e. The molecule has 0 saturated carbocycles. The fraction of sp³-hybridized carbons (Fsp3) is 0.250. The maximum Gasteiger partial charge on any atom is 0.337 e. The van der Waals surface area contributed by atoms with Gasteiger partial charge in [0.2, 0.25) is 0 Å². The van der Waals surface area contributed by atoms with Crippen LogP contribution in [0.1, 0.15) is 22.8 Å². The summed E-state index contributed by atoms with van der Waals surface area (Å²) >= 11 is 0. The van der Waals surface area contributed by atoms with E-state index in [9.17, 15) is 4.79 Å². The zero-order chi connectivity index (χ0) is 17.2. The van der Waals surface area contributed by atoms with Gasteiger partial charge in [-0.05, 0) is 36.8 Å². The number of esters is 1. The van der Waals surface area contributed by atoms with E-state index >= 15 is 0 Å². The number of rotatable bonds is 8. The summed E-state index contributed by atoms with van der Waals surface area (Å²) in [5.41, 5.74) is 3.85. The number of methoxy groups -OCH3 is 1. The quantitative estimate of drug-likeness (QED) is 0.587. The van der Waals surface area contributed by atoms with Crippen LogP contribution in [-0.2, 0) is 16.1 Å². The number of carbonyl (C=O) groups excluding carboxylic acids is 1. The number of anilines is 1. The zero-order valence-corrected chi connectivity index (χ0v) is 14.1. The van der Waals surface area contributed by atoms with Gasteiger partial charge in [-0.2, -0.15) is 0 Å². The van der Waals surface area contributed by atoms with E-state index in [4.69, 9.17) is 4.74 Å². The van der Waals surface area contributed by atoms with Gasteiger partial charge in [-0.25, -0.2) is 4.79 Å². The molecule has 0 bridgehead atoms. The predicted molar refractivity (Wildman–Crippen MR) is 96.1 cm³/mol. The zero-order valence-electron chi connectivity index (χ0n) is 14.1. The lowest BCUT2D eigenvalue weighted by atomic mass is 10.2. The Morgan fingerprint density at radius 1 is 1.08 bits per heavy atom. The highest BCUT2D eigenvalue weighted by Gasteiger charge is 2.03. The molecule has 24 heavy (non-hydrogen) atoms. The second-order valence-corrected chi connectivity index (χ2v) is 5.48. The highest BCUT2D eigenvalue weighted by atomic mass is 16.5. The normalized spacial score (nSPS) is 11.2. The van der Waals surface area contributed by atoms with Crippen molar-refractivity contribution in [2.75, 3.05) is 25.6 Å². The van der Waals surface area contributed by atoms with E-state index in [1.165, 1.54) is 18.2 Å². The van der Waals surface area contributed by atoms with Crippen molar-refractivity contribution in [3.63, 3.8) is 0 Å². The number of carbonyl (C=O) groups is 1. The van der Waals surface area contributed by atoms with E-state index < -0.39 is 0 Å². The smallest absolute Gasteiger partial charge is 0.337 e. The molecule has 0 aliphatic heterocycles. The number of benzene rings is 2. The first kappa shape index (κ1) is 17.8. The molecule has 0 unspecified atom stereocenters. The van der Waals surface area contributed by atoms with Gasteiger partial charge >= 0.3 is 5.97 Å². The van der Waals surface area contributed by atoms with E-state index in [-0.39, 0.29) is 5.97 Å². The monoisotopic (exact) mass is 325 g/mol. The third-order valence-electron chi connectivity index (χ3n) is 3.50. The van der Waals surface area contributed by atoms with Crippen LogP contribution in [0.5, 0.6) is 0 Å². The van der Waals surface area contributed by atoms with Crippen LogP contribution in [0.15, 0.2) is 66.2 Å². The summed E-state index contributed by atoms with van der Waals surface area (Å²) in [4.78, 5) is 11.4. The van der Waals surface area contributed by atoms with Crippen LogP contribution in [0.4, 0.5) is 5.69 Å². The van der Waals surface area contributed by atoms with E-state index in [0.717, 1.165) is 5.69 Å². The molecule has 2 aromatic carbocycles. The Morgan fingerprint density at radius 2 is 1.79 bits per heavy atom. The highest BCUT2D eigenvalue weighted by molar-refractivity contribution is 5.89. The second kappa shape index (κ2) is 9.53. The van der Waals surface area contributed by atoms with E-state index in [1.807, 2.05) is 37.3 Å². The average Bonchev–Trinajstić information content (AvgIpc) is 2.62. The molecule has 0 saturated heterocycles. The topological polar surface area (TPSA) is 47.6 Å². The van der Waals surface area contributed by atoms with Gasteiger partial charge in [0.1, 0.15) is 0 Å². The molecular weight excluding hydrogens is 302 g/mol. The van der Waals surface area contributed by atoms with Gasteiger partial charge in [-0.15, -0.1) is 0 Å². The molecule has 4 nitrogen and oxygen atoms in total. The molecule has 4 heteroatoms. The van der Waals surface area contributed by atoms with Crippen molar-refractivity contribution in [1.29, 1.82) is 0 Å². The molecule has 2 rings (SSSR count). The van der Waals surface area contributed by atoms with E-state index in [2.05, 4.69) is 28.3 Å². The summed E-state index contributed by atoms with van der Waals surface area (Å²) in [6.07, 6.45) is 2.10. The Bertz CT molecular complexity index is 663. The first-order valence-corrected chi connectivity index (χ1v) is 7.88. The van der Waals surface area contributed by atoms with Crippen LogP contribution >= 0.6 is 0 Å². The van der Waals surface area contributed by atoms with E-state index in [0.29, 0.717) is 25.3 Å². The molecule has 0 heterocycles. The molecule has 1 N–H and O–H groups in total. The Hall–Kier alpha value is -2.59. The Labute approximate surface area is 143 Å². The minimum atomic E-state index is -0.326. The lowest BCUT2D eigenvalue weighted by Gasteiger charge is -2.07.